The van der Waals surface area contributed by atoms with Gasteiger partial charge in [0, 0.05) is 28.8 Å². The summed E-state index contributed by atoms with van der Waals surface area (Å²) in [5, 5.41) is 6.71. The van der Waals surface area contributed by atoms with Crippen molar-refractivity contribution in [2.45, 2.75) is 0 Å². The van der Waals surface area contributed by atoms with Gasteiger partial charge in [-0.2, -0.15) is 0 Å². The second kappa shape index (κ2) is 7.29. The van der Waals surface area contributed by atoms with Crippen LogP contribution in [0, 0.1) is 0 Å². The molecule has 0 saturated heterocycles. The maximum atomic E-state index is 12.5. The minimum absolute atomic E-state index is 0.0314. The van der Waals surface area contributed by atoms with Gasteiger partial charge in [0.15, 0.2) is 6.61 Å². The van der Waals surface area contributed by atoms with Gasteiger partial charge in [-0.1, -0.05) is 24.3 Å². The van der Waals surface area contributed by atoms with Crippen molar-refractivity contribution in [3.05, 3.63) is 79.0 Å². The largest absolute Gasteiger partial charge is 0.482 e. The number of H-pyrrole nitrogens is 1. The number of ether oxygens (including phenoxy) is 1. The standard InChI is InChI=1S/C23H18N4O3/c28-22-14-30-21-9-8-17(13-20(21)27(22)18-4-2-1-3-5-18)26-23(29)25-16-7-6-15-10-11-24-19(15)12-16/h1-13,24H,14H2,(H2,25,26,29). The third-order valence-corrected chi connectivity index (χ3v) is 4.89. The zero-order valence-corrected chi connectivity index (χ0v) is 15.9. The van der Waals surface area contributed by atoms with Crippen LogP contribution in [0.25, 0.3) is 10.9 Å². The quantitative estimate of drug-likeness (QED) is 0.460. The number of benzene rings is 3. The first-order valence-corrected chi connectivity index (χ1v) is 9.47. The number of para-hydroxylation sites is 1. The molecule has 3 aromatic carbocycles. The van der Waals surface area contributed by atoms with Crippen molar-refractivity contribution in [3.63, 3.8) is 0 Å². The van der Waals surface area contributed by atoms with Crippen LogP contribution in [0.15, 0.2) is 79.0 Å². The summed E-state index contributed by atoms with van der Waals surface area (Å²) < 4.78 is 5.55. The summed E-state index contributed by atoms with van der Waals surface area (Å²) >= 11 is 0. The van der Waals surface area contributed by atoms with Crippen LogP contribution in [0.3, 0.4) is 0 Å². The van der Waals surface area contributed by atoms with Crippen molar-refractivity contribution in [1.82, 2.24) is 4.98 Å². The Balaban J connectivity index is 1.38. The molecule has 30 heavy (non-hydrogen) atoms. The first-order chi connectivity index (χ1) is 14.7. The fraction of sp³-hybridized carbons (Fsp3) is 0.0435. The Hall–Kier alpha value is -4.26. The van der Waals surface area contributed by atoms with Gasteiger partial charge in [0.25, 0.3) is 5.91 Å². The lowest BCUT2D eigenvalue weighted by molar-refractivity contribution is -0.120. The van der Waals surface area contributed by atoms with Crippen molar-refractivity contribution in [2.24, 2.45) is 0 Å². The van der Waals surface area contributed by atoms with Crippen molar-refractivity contribution in [1.29, 1.82) is 0 Å². The number of rotatable bonds is 3. The van der Waals surface area contributed by atoms with E-state index in [9.17, 15) is 9.59 Å². The zero-order chi connectivity index (χ0) is 20.5. The van der Waals surface area contributed by atoms with Gasteiger partial charge < -0.3 is 20.4 Å². The highest BCUT2D eigenvalue weighted by molar-refractivity contribution is 6.06. The van der Waals surface area contributed by atoms with Crippen molar-refractivity contribution in [2.75, 3.05) is 22.1 Å². The minimum Gasteiger partial charge on any atom is -0.482 e. The molecular weight excluding hydrogens is 380 g/mol. The van der Waals surface area contributed by atoms with Gasteiger partial charge >= 0.3 is 6.03 Å². The molecule has 0 aliphatic carbocycles. The molecule has 0 atom stereocenters. The molecule has 5 rings (SSSR count). The second-order valence-corrected chi connectivity index (χ2v) is 6.89. The number of hydrogen-bond donors (Lipinski definition) is 3. The van der Waals surface area contributed by atoms with Crippen LogP contribution in [0.5, 0.6) is 5.75 Å². The number of urea groups is 1. The van der Waals surface area contributed by atoms with E-state index in [0.29, 0.717) is 22.8 Å². The lowest BCUT2D eigenvalue weighted by atomic mass is 10.1. The molecule has 0 unspecified atom stereocenters. The molecule has 0 bridgehead atoms. The molecular formula is C23H18N4O3. The van der Waals surface area contributed by atoms with Crippen LogP contribution in [-0.4, -0.2) is 23.5 Å². The van der Waals surface area contributed by atoms with Crippen LogP contribution in [0.2, 0.25) is 0 Å². The normalized spacial score (nSPS) is 12.9. The second-order valence-electron chi connectivity index (χ2n) is 6.89. The molecule has 1 aromatic heterocycles. The number of nitrogens with one attached hydrogen (secondary N) is 3. The molecule has 148 valence electrons. The molecule has 0 fully saturated rings. The van der Waals surface area contributed by atoms with E-state index in [1.165, 1.54) is 0 Å². The first-order valence-electron chi connectivity index (χ1n) is 9.47. The monoisotopic (exact) mass is 398 g/mol. The number of amides is 3. The van der Waals surface area contributed by atoms with E-state index in [-0.39, 0.29) is 18.5 Å². The number of carbonyl (C=O) groups excluding carboxylic acids is 2. The molecule has 7 nitrogen and oxygen atoms in total. The number of carbonyl (C=O) groups is 2. The summed E-state index contributed by atoms with van der Waals surface area (Å²) in [5.74, 6) is 0.413. The van der Waals surface area contributed by atoms with Crippen LogP contribution in [0.4, 0.5) is 27.5 Å². The molecule has 3 amide bonds. The predicted octanol–water partition coefficient (Wildman–Crippen LogP) is 4.87. The molecule has 0 saturated carbocycles. The first kappa shape index (κ1) is 17.8. The van der Waals surface area contributed by atoms with E-state index >= 15 is 0 Å². The molecule has 0 spiro atoms. The van der Waals surface area contributed by atoms with Gasteiger partial charge in [0.1, 0.15) is 5.75 Å². The Bertz CT molecular complexity index is 1250. The van der Waals surface area contributed by atoms with E-state index in [2.05, 4.69) is 15.6 Å². The summed E-state index contributed by atoms with van der Waals surface area (Å²) in [6.45, 7) is -0.0314. The maximum Gasteiger partial charge on any atom is 0.323 e. The number of fused-ring (bicyclic) bond motifs is 2. The lowest BCUT2D eigenvalue weighted by Gasteiger charge is -2.29. The summed E-state index contributed by atoms with van der Waals surface area (Å²) in [4.78, 5) is 29.7. The average molecular weight is 398 g/mol. The molecule has 7 heteroatoms. The zero-order valence-electron chi connectivity index (χ0n) is 15.9. The highest BCUT2D eigenvalue weighted by Crippen LogP contribution is 2.38. The van der Waals surface area contributed by atoms with Gasteiger partial charge in [-0.05, 0) is 53.9 Å². The fourth-order valence-electron chi connectivity index (χ4n) is 3.51. The summed E-state index contributed by atoms with van der Waals surface area (Å²) in [6.07, 6.45) is 1.85. The fourth-order valence-corrected chi connectivity index (χ4v) is 3.51. The van der Waals surface area contributed by atoms with E-state index < -0.39 is 0 Å². The van der Waals surface area contributed by atoms with Crippen LogP contribution in [-0.2, 0) is 4.79 Å². The Morgan fingerprint density at radius 1 is 0.933 bits per heavy atom. The number of hydrogen-bond acceptors (Lipinski definition) is 3. The number of anilines is 4. The van der Waals surface area contributed by atoms with Gasteiger partial charge in [0.2, 0.25) is 0 Å². The number of aromatic amines is 1. The molecule has 1 aliphatic rings. The lowest BCUT2D eigenvalue weighted by Crippen LogP contribution is -2.35. The number of aromatic nitrogens is 1. The van der Waals surface area contributed by atoms with Gasteiger partial charge in [-0.25, -0.2) is 4.79 Å². The highest BCUT2D eigenvalue weighted by atomic mass is 16.5. The SMILES string of the molecule is O=C(Nc1ccc2c(c1)N(c1ccccc1)C(=O)CO2)Nc1ccc2cc[nH]c2c1. The summed E-state index contributed by atoms with van der Waals surface area (Å²) in [7, 11) is 0. The van der Waals surface area contributed by atoms with E-state index in [1.807, 2.05) is 60.8 Å². The Morgan fingerprint density at radius 3 is 2.53 bits per heavy atom. The Kier molecular flexibility index (Phi) is 4.33. The van der Waals surface area contributed by atoms with Gasteiger partial charge in [-0.15, -0.1) is 0 Å². The molecule has 0 radical (unpaired) electrons. The summed E-state index contributed by atoms with van der Waals surface area (Å²) in [5.41, 5.74) is 3.49. The third-order valence-electron chi connectivity index (χ3n) is 4.89. The van der Waals surface area contributed by atoms with Crippen LogP contribution < -0.4 is 20.3 Å². The van der Waals surface area contributed by atoms with E-state index in [4.69, 9.17) is 4.74 Å². The molecule has 4 aromatic rings. The highest BCUT2D eigenvalue weighted by Gasteiger charge is 2.27. The van der Waals surface area contributed by atoms with Crippen molar-refractivity contribution < 1.29 is 14.3 Å². The van der Waals surface area contributed by atoms with Crippen LogP contribution >= 0.6 is 0 Å². The van der Waals surface area contributed by atoms with Crippen molar-refractivity contribution >= 4 is 45.6 Å². The van der Waals surface area contributed by atoms with Crippen LogP contribution in [0.1, 0.15) is 0 Å². The Morgan fingerprint density at radius 2 is 1.70 bits per heavy atom. The van der Waals surface area contributed by atoms with E-state index in [0.717, 1.165) is 16.6 Å². The minimum atomic E-state index is -0.379. The van der Waals surface area contributed by atoms with Crippen molar-refractivity contribution in [3.8, 4) is 5.75 Å². The molecule has 3 N–H and O–H groups in total. The van der Waals surface area contributed by atoms with E-state index in [1.54, 1.807) is 23.1 Å². The Labute approximate surface area is 172 Å². The topological polar surface area (TPSA) is 86.5 Å². The smallest absolute Gasteiger partial charge is 0.323 e. The van der Waals surface area contributed by atoms with Gasteiger partial charge in [-0.3, -0.25) is 9.69 Å². The average Bonchev–Trinajstić information content (AvgIpc) is 3.22. The number of nitrogens with zero attached hydrogens (tertiary/aromatic N) is 1. The maximum absolute atomic E-state index is 12.5. The third kappa shape index (κ3) is 3.33. The molecule has 1 aliphatic heterocycles. The van der Waals surface area contributed by atoms with Gasteiger partial charge in [0.05, 0.1) is 5.69 Å². The molecule has 2 heterocycles. The predicted molar refractivity (Wildman–Crippen MR) is 116 cm³/mol. The summed E-state index contributed by atoms with van der Waals surface area (Å²) in [6, 6.07) is 21.8.